The highest BCUT2D eigenvalue weighted by atomic mass is 35.5. The Kier molecular flexibility index (Phi) is 8.01. The smallest absolute Gasteiger partial charge is 0.161 e. The molecule has 4 rings (SSSR count). The van der Waals surface area contributed by atoms with Gasteiger partial charge in [0.1, 0.15) is 24.0 Å². The maximum Gasteiger partial charge on any atom is 0.161 e. The number of aliphatic hydroxyl groups is 2. The van der Waals surface area contributed by atoms with Crippen molar-refractivity contribution >= 4 is 17.3 Å². The van der Waals surface area contributed by atoms with Gasteiger partial charge < -0.3 is 19.8 Å². The number of rotatable bonds is 8. The number of piperazine rings is 1. The first kappa shape index (κ1) is 25.8. The van der Waals surface area contributed by atoms with E-state index < -0.39 is 11.4 Å². The van der Waals surface area contributed by atoms with Gasteiger partial charge in [0.15, 0.2) is 11.6 Å². The Bertz CT molecular complexity index is 1220. The molecule has 1 aliphatic rings. The van der Waals surface area contributed by atoms with Crippen LogP contribution in [0.1, 0.15) is 29.9 Å². The average molecular weight is 512 g/mol. The average Bonchev–Trinajstić information content (AvgIpc) is 2.88. The first-order valence-electron chi connectivity index (χ1n) is 11.5. The van der Waals surface area contributed by atoms with E-state index in [4.69, 9.17) is 21.4 Å². The second-order valence-corrected chi connectivity index (χ2v) is 9.29. The van der Waals surface area contributed by atoms with Crippen molar-refractivity contribution in [3.8, 4) is 11.8 Å². The molecule has 1 fully saturated rings. The second-order valence-electron chi connectivity index (χ2n) is 8.86. The van der Waals surface area contributed by atoms with Crippen molar-refractivity contribution in [1.82, 2.24) is 14.9 Å². The Hall–Kier alpha value is -3.29. The van der Waals surface area contributed by atoms with E-state index in [1.54, 1.807) is 19.1 Å². The molecule has 0 unspecified atom stereocenters. The van der Waals surface area contributed by atoms with Crippen molar-refractivity contribution in [2.24, 2.45) is 0 Å². The summed E-state index contributed by atoms with van der Waals surface area (Å²) in [6.07, 6.45) is 2.09. The van der Waals surface area contributed by atoms with Crippen LogP contribution < -0.4 is 9.64 Å². The summed E-state index contributed by atoms with van der Waals surface area (Å²) in [6.45, 7) is 3.63. The van der Waals surface area contributed by atoms with E-state index in [-0.39, 0.29) is 31.6 Å². The Morgan fingerprint density at radius 2 is 1.92 bits per heavy atom. The van der Waals surface area contributed by atoms with E-state index in [1.807, 2.05) is 30.3 Å². The van der Waals surface area contributed by atoms with Crippen molar-refractivity contribution in [1.29, 1.82) is 5.26 Å². The van der Waals surface area contributed by atoms with E-state index in [9.17, 15) is 14.8 Å². The third kappa shape index (κ3) is 5.91. The van der Waals surface area contributed by atoms with Crippen LogP contribution in [0.25, 0.3) is 0 Å². The molecule has 0 saturated carbocycles. The van der Waals surface area contributed by atoms with Crippen molar-refractivity contribution in [2.45, 2.75) is 18.6 Å². The molecule has 2 atom stereocenters. The third-order valence-electron chi connectivity index (χ3n) is 6.11. The van der Waals surface area contributed by atoms with E-state index in [2.05, 4.69) is 25.8 Å². The van der Waals surface area contributed by atoms with Crippen LogP contribution in [0, 0.1) is 17.1 Å². The number of aliphatic hydroxyl groups excluding tert-OH is 1. The van der Waals surface area contributed by atoms with Gasteiger partial charge in [0, 0.05) is 31.2 Å². The number of nitrogens with zero attached hydrogens (tertiary/aromatic N) is 5. The number of hydrogen-bond acceptors (Lipinski definition) is 8. The lowest BCUT2D eigenvalue weighted by Crippen LogP contribution is -2.52. The zero-order valence-electron chi connectivity index (χ0n) is 19.8. The number of benzene rings is 2. The summed E-state index contributed by atoms with van der Waals surface area (Å²) >= 11 is 6.13. The lowest BCUT2D eigenvalue weighted by atomic mass is 9.98. The summed E-state index contributed by atoms with van der Waals surface area (Å²) in [4.78, 5) is 12.2. The van der Waals surface area contributed by atoms with Gasteiger partial charge >= 0.3 is 0 Å². The minimum Gasteiger partial charge on any atom is -0.491 e. The Balaban J connectivity index is 1.62. The standard InChI is InChI=1S/C26H27ClFN5O3/c1-26(35,25-30-14-21(28)15-31-25)17-32-8-9-33(24(16-32)18-2-4-20(27)5-3-18)23-7-6-22(36-11-10-34)12-19(23)13-29/h2-7,12,14-15,24,34-35H,8-11,16-17H2,1H3/t24-,26+/m0/s1. The van der Waals surface area contributed by atoms with Crippen molar-refractivity contribution in [3.63, 3.8) is 0 Å². The lowest BCUT2D eigenvalue weighted by Gasteiger charge is -2.45. The van der Waals surface area contributed by atoms with Crippen molar-refractivity contribution < 1.29 is 19.3 Å². The van der Waals surface area contributed by atoms with Crippen LogP contribution in [0.3, 0.4) is 0 Å². The van der Waals surface area contributed by atoms with Gasteiger partial charge in [-0.15, -0.1) is 0 Å². The molecular formula is C26H27ClFN5O3. The number of anilines is 1. The molecule has 1 aromatic heterocycles. The number of hydrogen-bond donors (Lipinski definition) is 2. The summed E-state index contributed by atoms with van der Waals surface area (Å²) in [5.74, 6) is 0.105. The highest BCUT2D eigenvalue weighted by Crippen LogP contribution is 2.35. The van der Waals surface area contributed by atoms with Gasteiger partial charge in [-0.25, -0.2) is 14.4 Å². The molecule has 36 heavy (non-hydrogen) atoms. The van der Waals surface area contributed by atoms with Crippen LogP contribution in [0.5, 0.6) is 5.75 Å². The molecule has 0 amide bonds. The van der Waals surface area contributed by atoms with Crippen LogP contribution in [0.2, 0.25) is 5.02 Å². The Morgan fingerprint density at radius 1 is 1.19 bits per heavy atom. The molecular weight excluding hydrogens is 485 g/mol. The van der Waals surface area contributed by atoms with E-state index in [0.29, 0.717) is 36.0 Å². The molecule has 10 heteroatoms. The topological polar surface area (TPSA) is 106 Å². The fraction of sp³-hybridized carbons (Fsp3) is 0.346. The first-order chi connectivity index (χ1) is 17.3. The predicted octanol–water partition coefficient (Wildman–Crippen LogP) is 3.28. The van der Waals surface area contributed by atoms with Gasteiger partial charge in [-0.1, -0.05) is 23.7 Å². The maximum absolute atomic E-state index is 13.3. The fourth-order valence-corrected chi connectivity index (χ4v) is 4.57. The number of nitriles is 1. The van der Waals surface area contributed by atoms with Gasteiger partial charge in [0.25, 0.3) is 0 Å². The van der Waals surface area contributed by atoms with Crippen LogP contribution in [0.4, 0.5) is 10.1 Å². The molecule has 2 aromatic carbocycles. The Morgan fingerprint density at radius 3 is 2.58 bits per heavy atom. The van der Waals surface area contributed by atoms with Gasteiger partial charge in [-0.3, -0.25) is 4.90 Å². The van der Waals surface area contributed by atoms with Crippen LogP contribution in [-0.4, -0.2) is 64.5 Å². The van der Waals surface area contributed by atoms with E-state index >= 15 is 0 Å². The zero-order chi connectivity index (χ0) is 25.7. The maximum atomic E-state index is 13.3. The SMILES string of the molecule is C[C@@](O)(CN1CCN(c2ccc(OCCO)cc2C#N)[C@H](c2ccc(Cl)cc2)C1)c1ncc(F)cn1. The van der Waals surface area contributed by atoms with Crippen molar-refractivity contribution in [2.75, 3.05) is 44.3 Å². The number of halogens is 2. The molecule has 8 nitrogen and oxygen atoms in total. The summed E-state index contributed by atoms with van der Waals surface area (Å²) in [7, 11) is 0. The number of ether oxygens (including phenoxy) is 1. The molecule has 0 radical (unpaired) electrons. The van der Waals surface area contributed by atoms with E-state index in [0.717, 1.165) is 23.6 Å². The molecule has 0 aliphatic carbocycles. The summed E-state index contributed by atoms with van der Waals surface area (Å²) in [6, 6.07) is 15.0. The number of aromatic nitrogens is 2. The van der Waals surface area contributed by atoms with Gasteiger partial charge in [0.05, 0.1) is 36.3 Å². The summed E-state index contributed by atoms with van der Waals surface area (Å²) in [5.41, 5.74) is 0.849. The van der Waals surface area contributed by atoms with Gasteiger partial charge in [-0.05, 0) is 42.8 Å². The predicted molar refractivity (Wildman–Crippen MR) is 133 cm³/mol. The first-order valence-corrected chi connectivity index (χ1v) is 11.9. The molecule has 1 aliphatic heterocycles. The van der Waals surface area contributed by atoms with Crippen LogP contribution in [-0.2, 0) is 5.60 Å². The normalized spacial score (nSPS) is 17.9. The quantitative estimate of drug-likeness (QED) is 0.474. The molecule has 0 spiro atoms. The molecule has 3 aromatic rings. The summed E-state index contributed by atoms with van der Waals surface area (Å²) in [5, 5.41) is 30.6. The van der Waals surface area contributed by atoms with E-state index in [1.165, 1.54) is 0 Å². The minimum atomic E-state index is -1.38. The molecule has 2 heterocycles. The summed E-state index contributed by atoms with van der Waals surface area (Å²) < 4.78 is 18.8. The minimum absolute atomic E-state index is 0.114. The Labute approximate surface area is 214 Å². The highest BCUT2D eigenvalue weighted by Gasteiger charge is 2.35. The lowest BCUT2D eigenvalue weighted by molar-refractivity contribution is 0.00280. The van der Waals surface area contributed by atoms with Crippen LogP contribution in [0.15, 0.2) is 54.9 Å². The second kappa shape index (κ2) is 11.2. The molecule has 1 saturated heterocycles. The zero-order valence-corrected chi connectivity index (χ0v) is 20.6. The largest absolute Gasteiger partial charge is 0.491 e. The molecule has 2 N–H and O–H groups in total. The fourth-order valence-electron chi connectivity index (χ4n) is 4.45. The van der Waals surface area contributed by atoms with Crippen LogP contribution >= 0.6 is 11.6 Å². The molecule has 0 bridgehead atoms. The number of β-amino-alcohol motifs (C(OH)–C–C–N with tert-alkyl or cyclic N) is 1. The highest BCUT2D eigenvalue weighted by molar-refractivity contribution is 6.30. The van der Waals surface area contributed by atoms with Gasteiger partial charge in [0.2, 0.25) is 0 Å². The monoisotopic (exact) mass is 511 g/mol. The van der Waals surface area contributed by atoms with Crippen molar-refractivity contribution in [3.05, 3.63) is 82.6 Å². The third-order valence-corrected chi connectivity index (χ3v) is 6.36. The molecule has 188 valence electrons. The van der Waals surface area contributed by atoms with Gasteiger partial charge in [-0.2, -0.15) is 5.26 Å².